The molecular formula is C23H23ClF2N6O2. The van der Waals surface area contributed by atoms with Gasteiger partial charge in [0, 0.05) is 25.7 Å². The lowest BCUT2D eigenvalue weighted by Crippen LogP contribution is -2.23. The number of carbonyl (C=O) groups excluding carboxylic acids is 2. The van der Waals surface area contributed by atoms with Gasteiger partial charge in [0.2, 0.25) is 0 Å². The molecule has 0 aliphatic heterocycles. The largest absolute Gasteiger partial charge is 0.363 e. The van der Waals surface area contributed by atoms with Crippen molar-refractivity contribution < 1.29 is 18.4 Å². The summed E-state index contributed by atoms with van der Waals surface area (Å²) < 4.78 is 26.6. The predicted octanol–water partition coefficient (Wildman–Crippen LogP) is 4.53. The van der Waals surface area contributed by atoms with Crippen LogP contribution in [-0.2, 0) is 6.54 Å². The molecule has 0 aliphatic carbocycles. The van der Waals surface area contributed by atoms with Gasteiger partial charge in [-0.1, -0.05) is 23.7 Å². The van der Waals surface area contributed by atoms with Gasteiger partial charge in [-0.15, -0.1) is 0 Å². The van der Waals surface area contributed by atoms with Crippen LogP contribution in [0.3, 0.4) is 0 Å². The maximum atomic E-state index is 13.4. The fraction of sp³-hybridized carbons (Fsp3) is 0.217. The first-order chi connectivity index (χ1) is 16.3. The molecule has 0 aliphatic rings. The molecule has 0 unspecified atom stereocenters. The molecule has 34 heavy (non-hydrogen) atoms. The number of nitrogens with zero attached hydrogens (tertiary/aromatic N) is 3. The molecule has 1 heterocycles. The molecule has 0 atom stereocenters. The van der Waals surface area contributed by atoms with Crippen molar-refractivity contribution in [1.82, 2.24) is 20.4 Å². The number of hydrogen-bond acceptors (Lipinski definition) is 4. The van der Waals surface area contributed by atoms with Gasteiger partial charge in [-0.25, -0.2) is 13.8 Å². The molecule has 0 spiro atoms. The van der Waals surface area contributed by atoms with Crippen molar-refractivity contribution in [2.24, 2.45) is 4.99 Å². The summed E-state index contributed by atoms with van der Waals surface area (Å²) in [6.45, 7) is 6.13. The van der Waals surface area contributed by atoms with E-state index in [-0.39, 0.29) is 28.6 Å². The molecule has 2 amide bonds. The number of H-pyrrole nitrogens is 1. The van der Waals surface area contributed by atoms with E-state index >= 15 is 0 Å². The second kappa shape index (κ2) is 11.4. The van der Waals surface area contributed by atoms with Crippen molar-refractivity contribution in [2.45, 2.75) is 20.4 Å². The number of benzene rings is 2. The number of nitrogens with one attached hydrogen (secondary N) is 3. The van der Waals surface area contributed by atoms with E-state index in [1.807, 2.05) is 24.3 Å². The van der Waals surface area contributed by atoms with Crippen LogP contribution in [0, 0.1) is 11.6 Å². The van der Waals surface area contributed by atoms with Gasteiger partial charge in [0.25, 0.3) is 11.8 Å². The number of aliphatic imine (C=N–C) groups is 1. The summed E-state index contributed by atoms with van der Waals surface area (Å²) in [6.07, 6.45) is 1.80. The minimum absolute atomic E-state index is 0.0198. The van der Waals surface area contributed by atoms with E-state index in [9.17, 15) is 18.4 Å². The first-order valence-corrected chi connectivity index (χ1v) is 10.8. The number of rotatable bonds is 9. The Morgan fingerprint density at radius 2 is 1.76 bits per heavy atom. The van der Waals surface area contributed by atoms with Crippen molar-refractivity contribution in [1.29, 1.82) is 0 Å². The van der Waals surface area contributed by atoms with Gasteiger partial charge in [0.05, 0.1) is 22.6 Å². The van der Waals surface area contributed by atoms with Crippen molar-refractivity contribution >= 4 is 41.3 Å². The Hall–Kier alpha value is -3.79. The fourth-order valence-electron chi connectivity index (χ4n) is 2.89. The summed E-state index contributed by atoms with van der Waals surface area (Å²) in [6, 6.07) is 10.1. The van der Waals surface area contributed by atoms with Crippen LogP contribution in [0.4, 0.5) is 20.3 Å². The lowest BCUT2D eigenvalue weighted by Gasteiger charge is -2.13. The molecular weight excluding hydrogens is 466 g/mol. The molecule has 1 aromatic heterocycles. The van der Waals surface area contributed by atoms with E-state index in [2.05, 4.69) is 44.6 Å². The maximum absolute atomic E-state index is 13.4. The number of hydrogen-bond donors (Lipinski definition) is 3. The highest BCUT2D eigenvalue weighted by molar-refractivity contribution is 6.34. The van der Waals surface area contributed by atoms with Gasteiger partial charge in [-0.2, -0.15) is 5.10 Å². The number of halogens is 3. The zero-order valence-electron chi connectivity index (χ0n) is 18.5. The SMILES string of the molecule is CCN(C=Nc1ccc(CNC(=O)c2cc(NC(=O)c3cc(F)c(F)cc3Cl)n[nH]2)cc1)CC. The van der Waals surface area contributed by atoms with Crippen LogP contribution >= 0.6 is 11.6 Å². The van der Waals surface area contributed by atoms with E-state index < -0.39 is 23.4 Å². The van der Waals surface area contributed by atoms with E-state index in [0.29, 0.717) is 12.1 Å². The van der Waals surface area contributed by atoms with Gasteiger partial charge in [-0.05, 0) is 43.7 Å². The Morgan fingerprint density at radius 1 is 1.09 bits per heavy atom. The molecule has 3 rings (SSSR count). The van der Waals surface area contributed by atoms with E-state index in [1.165, 1.54) is 6.07 Å². The summed E-state index contributed by atoms with van der Waals surface area (Å²) in [5, 5.41) is 11.2. The molecule has 2 aromatic carbocycles. The summed E-state index contributed by atoms with van der Waals surface area (Å²) in [4.78, 5) is 31.2. The van der Waals surface area contributed by atoms with Crippen molar-refractivity contribution in [2.75, 3.05) is 18.4 Å². The van der Waals surface area contributed by atoms with Gasteiger partial charge >= 0.3 is 0 Å². The number of amides is 2. The molecule has 0 radical (unpaired) electrons. The molecule has 0 fully saturated rings. The van der Waals surface area contributed by atoms with Crippen LogP contribution in [0.1, 0.15) is 40.3 Å². The van der Waals surface area contributed by atoms with E-state index in [4.69, 9.17) is 11.6 Å². The minimum atomic E-state index is -1.21. The monoisotopic (exact) mass is 488 g/mol. The quantitative estimate of drug-likeness (QED) is 0.234. The Balaban J connectivity index is 1.55. The van der Waals surface area contributed by atoms with Crippen LogP contribution in [0.2, 0.25) is 5.02 Å². The van der Waals surface area contributed by atoms with E-state index in [0.717, 1.165) is 24.3 Å². The third-order valence-corrected chi connectivity index (χ3v) is 5.20. The number of aromatic amines is 1. The summed E-state index contributed by atoms with van der Waals surface area (Å²) in [5.74, 6) is -3.59. The van der Waals surface area contributed by atoms with Crippen LogP contribution in [-0.4, -0.2) is 46.3 Å². The predicted molar refractivity (Wildman–Crippen MR) is 127 cm³/mol. The molecule has 0 saturated carbocycles. The zero-order valence-corrected chi connectivity index (χ0v) is 19.3. The third-order valence-electron chi connectivity index (χ3n) is 4.89. The number of carbonyl (C=O) groups is 2. The minimum Gasteiger partial charge on any atom is -0.363 e. The highest BCUT2D eigenvalue weighted by Crippen LogP contribution is 2.21. The Bertz CT molecular complexity index is 1190. The van der Waals surface area contributed by atoms with Crippen LogP contribution < -0.4 is 10.6 Å². The zero-order chi connectivity index (χ0) is 24.7. The highest BCUT2D eigenvalue weighted by atomic mass is 35.5. The summed E-state index contributed by atoms with van der Waals surface area (Å²) in [5.41, 5.74) is 1.51. The van der Waals surface area contributed by atoms with Crippen molar-refractivity contribution in [3.8, 4) is 0 Å². The van der Waals surface area contributed by atoms with Gasteiger partial charge in [-0.3, -0.25) is 14.7 Å². The topological polar surface area (TPSA) is 102 Å². The van der Waals surface area contributed by atoms with Crippen LogP contribution in [0.25, 0.3) is 0 Å². The maximum Gasteiger partial charge on any atom is 0.269 e. The van der Waals surface area contributed by atoms with E-state index in [1.54, 1.807) is 6.34 Å². The van der Waals surface area contributed by atoms with Crippen molar-refractivity contribution in [3.05, 3.63) is 75.9 Å². The molecule has 11 heteroatoms. The van der Waals surface area contributed by atoms with Gasteiger partial charge < -0.3 is 15.5 Å². The smallest absolute Gasteiger partial charge is 0.269 e. The first kappa shape index (κ1) is 24.8. The van der Waals surface area contributed by atoms with Crippen LogP contribution in [0.5, 0.6) is 0 Å². The normalized spacial score (nSPS) is 11.0. The molecule has 0 bridgehead atoms. The Morgan fingerprint density at radius 3 is 2.44 bits per heavy atom. The average Bonchev–Trinajstić information content (AvgIpc) is 3.29. The molecule has 3 aromatic rings. The van der Waals surface area contributed by atoms with Crippen molar-refractivity contribution in [3.63, 3.8) is 0 Å². The lowest BCUT2D eigenvalue weighted by molar-refractivity contribution is 0.0945. The third kappa shape index (κ3) is 6.38. The highest BCUT2D eigenvalue weighted by Gasteiger charge is 2.17. The molecule has 8 nitrogen and oxygen atoms in total. The second-order valence-electron chi connectivity index (χ2n) is 7.18. The number of aromatic nitrogens is 2. The van der Waals surface area contributed by atoms with Gasteiger partial charge in [0.15, 0.2) is 17.5 Å². The summed E-state index contributed by atoms with van der Waals surface area (Å²) >= 11 is 5.80. The molecule has 0 saturated heterocycles. The Labute approximate surface area is 200 Å². The Kier molecular flexibility index (Phi) is 8.31. The molecule has 3 N–H and O–H groups in total. The standard InChI is InChI=1S/C23H23ClF2N6O2/c1-3-32(4-2)13-28-15-7-5-14(6-8-15)12-27-23(34)20-11-21(31-30-20)29-22(33)16-9-18(25)19(26)10-17(16)24/h5-11,13H,3-4,12H2,1-2H3,(H,27,34)(H2,29,30,31,33). The average molecular weight is 489 g/mol. The number of anilines is 1. The fourth-order valence-corrected chi connectivity index (χ4v) is 3.13. The van der Waals surface area contributed by atoms with Gasteiger partial charge in [0.1, 0.15) is 5.69 Å². The first-order valence-electron chi connectivity index (χ1n) is 10.5. The summed E-state index contributed by atoms with van der Waals surface area (Å²) in [7, 11) is 0. The molecule has 178 valence electrons. The lowest BCUT2D eigenvalue weighted by atomic mass is 10.2. The second-order valence-corrected chi connectivity index (χ2v) is 7.59. The van der Waals surface area contributed by atoms with Crippen LogP contribution in [0.15, 0.2) is 47.5 Å².